The molecular formula is C34H43F2N5OS. The second-order valence-corrected chi connectivity index (χ2v) is 12.9. The van der Waals surface area contributed by atoms with Gasteiger partial charge < -0.3 is 9.64 Å². The number of aliphatic imine (C=N–C) groups is 3. The van der Waals surface area contributed by atoms with Crippen LogP contribution in [0.4, 0.5) is 8.78 Å². The Morgan fingerprint density at radius 3 is 2.60 bits per heavy atom. The Balaban J connectivity index is 1.43. The molecule has 1 atom stereocenters. The summed E-state index contributed by atoms with van der Waals surface area (Å²) in [7, 11) is 0. The highest BCUT2D eigenvalue weighted by Gasteiger charge is 2.44. The van der Waals surface area contributed by atoms with E-state index in [1.807, 2.05) is 30.8 Å². The molecule has 230 valence electrons. The summed E-state index contributed by atoms with van der Waals surface area (Å²) in [5.41, 5.74) is 1.25. The molecule has 0 spiro atoms. The fraction of sp³-hybridized carbons (Fsp3) is 0.500. The topological polar surface area (TPSA) is 52.8 Å². The first-order valence-corrected chi connectivity index (χ1v) is 16.6. The number of fused-ring (bicyclic) bond motifs is 2. The van der Waals surface area contributed by atoms with Crippen molar-refractivity contribution < 1.29 is 13.5 Å². The molecule has 1 unspecified atom stereocenters. The van der Waals surface area contributed by atoms with Gasteiger partial charge in [0.05, 0.1) is 12.8 Å². The van der Waals surface area contributed by atoms with Gasteiger partial charge in [-0.1, -0.05) is 36.8 Å². The third-order valence-electron chi connectivity index (χ3n) is 9.04. The zero-order valence-electron chi connectivity index (χ0n) is 25.4. The molecule has 2 aromatic carbocycles. The van der Waals surface area contributed by atoms with Gasteiger partial charge >= 0.3 is 0 Å². The summed E-state index contributed by atoms with van der Waals surface area (Å²) in [6.45, 7) is 10.4. The quantitative estimate of drug-likeness (QED) is 0.196. The average Bonchev–Trinajstić information content (AvgIpc) is 3.50. The van der Waals surface area contributed by atoms with Crippen molar-refractivity contribution in [1.29, 1.82) is 0 Å². The summed E-state index contributed by atoms with van der Waals surface area (Å²) < 4.78 is 37.0. The van der Waals surface area contributed by atoms with Crippen LogP contribution >= 0.6 is 11.8 Å². The molecule has 6 nitrogen and oxygen atoms in total. The summed E-state index contributed by atoms with van der Waals surface area (Å²) in [6, 6.07) is 10.1. The monoisotopic (exact) mass is 607 g/mol. The minimum Gasteiger partial charge on any atom is -0.357 e. The molecule has 0 radical (unpaired) electrons. The highest BCUT2D eigenvalue weighted by molar-refractivity contribution is 7.99. The standard InChI is InChI=1S/C34H43F2N5OS/c1-25(33(37-2)40-17-5-4-12-27(22-40)43-3)20-39-32(28-13-6-10-26-11-7-14-29(35)31(26)28)30(36)21-38-24-42-23-34-15-8-18-41(34)19-9-16-34/h6-7,10-11,13-14,20-21,27H,2,4-5,8-9,12,15-19,22-24H2,1,3H3/b32-30+,33-25-,38-21+,39-20-. The van der Waals surface area contributed by atoms with Gasteiger partial charge in [0, 0.05) is 46.6 Å². The molecule has 3 heterocycles. The van der Waals surface area contributed by atoms with E-state index in [-0.39, 0.29) is 18.0 Å². The number of benzene rings is 2. The molecule has 0 saturated carbocycles. The van der Waals surface area contributed by atoms with Gasteiger partial charge in [-0.15, -0.1) is 0 Å². The third-order valence-corrected chi connectivity index (χ3v) is 10.1. The fourth-order valence-electron chi connectivity index (χ4n) is 6.86. The van der Waals surface area contributed by atoms with Crippen LogP contribution in [-0.2, 0) is 4.74 Å². The van der Waals surface area contributed by atoms with Crippen molar-refractivity contribution in [2.75, 3.05) is 45.8 Å². The Bertz CT molecular complexity index is 1410. The maximum Gasteiger partial charge on any atom is 0.167 e. The van der Waals surface area contributed by atoms with E-state index in [1.165, 1.54) is 31.7 Å². The van der Waals surface area contributed by atoms with Crippen molar-refractivity contribution in [2.45, 2.75) is 62.7 Å². The van der Waals surface area contributed by atoms with Crippen LogP contribution in [0.3, 0.4) is 0 Å². The number of hydrogen-bond acceptors (Lipinski definition) is 7. The predicted octanol–water partition coefficient (Wildman–Crippen LogP) is 7.51. The molecule has 3 aliphatic heterocycles. The van der Waals surface area contributed by atoms with Crippen LogP contribution in [0.5, 0.6) is 0 Å². The Hall–Kier alpha value is -2.88. The van der Waals surface area contributed by atoms with E-state index in [2.05, 4.69) is 37.8 Å². The Labute approximate surface area is 258 Å². The molecule has 0 aromatic heterocycles. The molecule has 9 heteroatoms. The van der Waals surface area contributed by atoms with Crippen molar-refractivity contribution >= 4 is 47.4 Å². The number of ether oxygens (including phenoxy) is 1. The van der Waals surface area contributed by atoms with Gasteiger partial charge in [0.1, 0.15) is 24.1 Å². The van der Waals surface area contributed by atoms with E-state index in [1.54, 1.807) is 24.4 Å². The molecule has 43 heavy (non-hydrogen) atoms. The van der Waals surface area contributed by atoms with Crippen molar-refractivity contribution in [3.05, 3.63) is 65.0 Å². The zero-order valence-corrected chi connectivity index (χ0v) is 26.2. The fourth-order valence-corrected chi connectivity index (χ4v) is 7.59. The molecule has 0 bridgehead atoms. The van der Waals surface area contributed by atoms with E-state index in [9.17, 15) is 0 Å². The number of nitrogens with zero attached hydrogens (tertiary/aromatic N) is 5. The van der Waals surface area contributed by atoms with Crippen LogP contribution in [0.15, 0.2) is 68.6 Å². The van der Waals surface area contributed by atoms with Crippen LogP contribution in [0, 0.1) is 5.82 Å². The number of halogens is 2. The van der Waals surface area contributed by atoms with Crippen molar-refractivity contribution in [3.63, 3.8) is 0 Å². The Morgan fingerprint density at radius 1 is 1.09 bits per heavy atom. The van der Waals surface area contributed by atoms with Gasteiger partial charge in [0.2, 0.25) is 0 Å². The van der Waals surface area contributed by atoms with Crippen LogP contribution < -0.4 is 0 Å². The summed E-state index contributed by atoms with van der Waals surface area (Å²) in [4.78, 5) is 18.0. The first-order valence-electron chi connectivity index (χ1n) is 15.3. The lowest BCUT2D eigenvalue weighted by molar-refractivity contribution is 0.0393. The summed E-state index contributed by atoms with van der Waals surface area (Å²) in [6.07, 6.45) is 13.0. The molecule has 5 rings (SSSR count). The van der Waals surface area contributed by atoms with Crippen molar-refractivity contribution in [3.8, 4) is 0 Å². The number of hydrogen-bond donors (Lipinski definition) is 0. The van der Waals surface area contributed by atoms with Crippen LogP contribution in [0.1, 0.15) is 57.4 Å². The van der Waals surface area contributed by atoms with Crippen molar-refractivity contribution in [1.82, 2.24) is 9.80 Å². The van der Waals surface area contributed by atoms with E-state index in [0.717, 1.165) is 63.1 Å². The summed E-state index contributed by atoms with van der Waals surface area (Å²) in [5, 5.41) is 1.50. The molecular weight excluding hydrogens is 564 g/mol. The molecule has 0 amide bonds. The second-order valence-electron chi connectivity index (χ2n) is 11.8. The number of likely N-dealkylation sites (tertiary alicyclic amines) is 1. The molecule has 2 aromatic rings. The van der Waals surface area contributed by atoms with Gasteiger partial charge in [0.15, 0.2) is 5.83 Å². The molecule has 0 N–H and O–H groups in total. The predicted molar refractivity (Wildman–Crippen MR) is 177 cm³/mol. The first kappa shape index (κ1) is 31.5. The van der Waals surface area contributed by atoms with Gasteiger partial charge in [0.25, 0.3) is 0 Å². The van der Waals surface area contributed by atoms with E-state index in [4.69, 9.17) is 4.74 Å². The van der Waals surface area contributed by atoms with Crippen molar-refractivity contribution in [2.24, 2.45) is 15.0 Å². The van der Waals surface area contributed by atoms with Gasteiger partial charge in [-0.2, -0.15) is 11.8 Å². The smallest absolute Gasteiger partial charge is 0.167 e. The maximum atomic E-state index is 16.0. The highest BCUT2D eigenvalue weighted by Crippen LogP contribution is 2.39. The number of thioether (sulfide) groups is 1. The lowest BCUT2D eigenvalue weighted by Crippen LogP contribution is -2.42. The van der Waals surface area contributed by atoms with Crippen LogP contribution in [0.25, 0.3) is 16.5 Å². The van der Waals surface area contributed by atoms with Crippen LogP contribution in [0.2, 0.25) is 0 Å². The minimum atomic E-state index is -0.657. The summed E-state index contributed by atoms with van der Waals surface area (Å²) >= 11 is 1.87. The Kier molecular flexibility index (Phi) is 10.8. The normalized spacial score (nSPS) is 22.2. The van der Waals surface area contributed by atoms with E-state index in [0.29, 0.717) is 28.2 Å². The molecule has 3 saturated heterocycles. The second kappa shape index (κ2) is 14.7. The number of allylic oxidation sites excluding steroid dienone is 2. The first-order chi connectivity index (χ1) is 21.0. The Morgan fingerprint density at radius 2 is 1.86 bits per heavy atom. The number of rotatable bonds is 11. The SMILES string of the molecule is C=N/C(=C(C)/C=N\C(=C(F)/C=N/COCC12CCCN1CCC2)c1cccc2cccc(F)c12)N1CCCCC(SC)C1. The van der Waals surface area contributed by atoms with Gasteiger partial charge in [-0.3, -0.25) is 14.9 Å². The lowest BCUT2D eigenvalue weighted by atomic mass is 9.95. The van der Waals surface area contributed by atoms with Gasteiger partial charge in [-0.05, 0) is 83.0 Å². The zero-order chi connectivity index (χ0) is 30.2. The average molecular weight is 608 g/mol. The largest absolute Gasteiger partial charge is 0.357 e. The molecule has 3 aliphatic rings. The van der Waals surface area contributed by atoms with Gasteiger partial charge in [-0.25, -0.2) is 13.8 Å². The minimum absolute atomic E-state index is 0.0106. The molecule has 0 aliphatic carbocycles. The third kappa shape index (κ3) is 7.27. The highest BCUT2D eigenvalue weighted by atomic mass is 32.2. The summed E-state index contributed by atoms with van der Waals surface area (Å²) in [5.74, 6) is -0.350. The molecule has 3 fully saturated rings. The maximum absolute atomic E-state index is 16.0. The van der Waals surface area contributed by atoms with Crippen LogP contribution in [-0.4, -0.2) is 85.5 Å². The van der Waals surface area contributed by atoms with E-state index < -0.39 is 11.6 Å². The van der Waals surface area contributed by atoms with E-state index >= 15 is 8.78 Å². The lowest BCUT2D eigenvalue weighted by Gasteiger charge is -2.31.